The summed E-state index contributed by atoms with van der Waals surface area (Å²) in [5.41, 5.74) is 0.999. The molecule has 6 nitrogen and oxygen atoms in total. The molecule has 0 atom stereocenters. The van der Waals surface area contributed by atoms with Crippen LogP contribution in [0.3, 0.4) is 0 Å². The van der Waals surface area contributed by atoms with Gasteiger partial charge in [-0.3, -0.25) is 4.79 Å². The summed E-state index contributed by atoms with van der Waals surface area (Å²) in [6, 6.07) is 16.6. The molecule has 0 aliphatic heterocycles. The van der Waals surface area contributed by atoms with Gasteiger partial charge in [0, 0.05) is 11.0 Å². The number of para-hydroxylation sites is 1. The van der Waals surface area contributed by atoms with E-state index in [1.165, 1.54) is 0 Å². The van der Waals surface area contributed by atoms with Gasteiger partial charge in [-0.05, 0) is 48.4 Å². The van der Waals surface area contributed by atoms with Crippen molar-refractivity contribution >= 4 is 21.8 Å². The van der Waals surface area contributed by atoms with Crippen molar-refractivity contribution in [3.05, 3.63) is 76.2 Å². The second-order valence-electron chi connectivity index (χ2n) is 6.17. The monoisotopic (exact) mass is 459 g/mol. The van der Waals surface area contributed by atoms with Gasteiger partial charge >= 0.3 is 0 Å². The van der Waals surface area contributed by atoms with E-state index in [4.69, 9.17) is 18.6 Å². The SMILES string of the molecule is COc1cc(Br)c(CCNC(=O)c2ccc(COc3ccccc3)o2)cc1OC. The average Bonchev–Trinajstić information content (AvgIpc) is 3.23. The zero-order valence-corrected chi connectivity index (χ0v) is 17.8. The minimum atomic E-state index is -0.271. The van der Waals surface area contributed by atoms with E-state index in [-0.39, 0.29) is 18.3 Å². The standard InChI is InChI=1S/C22H22BrNO5/c1-26-20-12-15(18(23)13-21(20)27-2)10-11-24-22(25)19-9-8-17(29-19)14-28-16-6-4-3-5-7-16/h3-9,12-13H,10-11,14H2,1-2H3,(H,24,25). The molecule has 1 aromatic heterocycles. The predicted molar refractivity (Wildman–Crippen MR) is 113 cm³/mol. The molecule has 2 aromatic carbocycles. The minimum Gasteiger partial charge on any atom is -0.493 e. The summed E-state index contributed by atoms with van der Waals surface area (Å²) >= 11 is 3.52. The maximum Gasteiger partial charge on any atom is 0.287 e. The molecule has 7 heteroatoms. The number of amides is 1. The summed E-state index contributed by atoms with van der Waals surface area (Å²) in [5, 5.41) is 2.86. The zero-order chi connectivity index (χ0) is 20.6. The van der Waals surface area contributed by atoms with Crippen molar-refractivity contribution in [1.29, 1.82) is 0 Å². The van der Waals surface area contributed by atoms with Crippen LogP contribution in [0.4, 0.5) is 0 Å². The summed E-state index contributed by atoms with van der Waals surface area (Å²) in [6.45, 7) is 0.708. The number of furan rings is 1. The fourth-order valence-corrected chi connectivity index (χ4v) is 3.26. The van der Waals surface area contributed by atoms with Crippen molar-refractivity contribution in [3.8, 4) is 17.2 Å². The Morgan fingerprint density at radius 1 is 1.03 bits per heavy atom. The second kappa shape index (κ2) is 10.0. The lowest BCUT2D eigenvalue weighted by molar-refractivity contribution is 0.0922. The van der Waals surface area contributed by atoms with Crippen LogP contribution in [0.5, 0.6) is 17.2 Å². The average molecular weight is 460 g/mol. The number of hydrogen-bond acceptors (Lipinski definition) is 5. The molecule has 1 N–H and O–H groups in total. The number of halogens is 1. The molecule has 3 rings (SSSR count). The van der Waals surface area contributed by atoms with Crippen LogP contribution in [-0.2, 0) is 13.0 Å². The van der Waals surface area contributed by atoms with E-state index in [1.807, 2.05) is 42.5 Å². The third-order valence-electron chi connectivity index (χ3n) is 4.24. The van der Waals surface area contributed by atoms with Gasteiger partial charge in [0.2, 0.25) is 0 Å². The molecule has 3 aromatic rings. The molecule has 0 aliphatic carbocycles. The van der Waals surface area contributed by atoms with E-state index < -0.39 is 0 Å². The Bertz CT molecular complexity index is 955. The van der Waals surface area contributed by atoms with Crippen LogP contribution in [-0.4, -0.2) is 26.7 Å². The van der Waals surface area contributed by atoms with E-state index in [0.717, 1.165) is 15.8 Å². The van der Waals surface area contributed by atoms with Crippen LogP contribution in [0.2, 0.25) is 0 Å². The summed E-state index contributed by atoms with van der Waals surface area (Å²) in [7, 11) is 3.18. The highest BCUT2D eigenvalue weighted by Gasteiger charge is 2.13. The van der Waals surface area contributed by atoms with Crippen LogP contribution in [0, 0.1) is 0 Å². The first-order chi connectivity index (χ1) is 14.1. The van der Waals surface area contributed by atoms with Gasteiger partial charge in [-0.25, -0.2) is 0 Å². The number of carbonyl (C=O) groups is 1. The normalized spacial score (nSPS) is 10.4. The lowest BCUT2D eigenvalue weighted by Crippen LogP contribution is -2.25. The molecular weight excluding hydrogens is 438 g/mol. The number of ether oxygens (including phenoxy) is 3. The molecule has 0 saturated carbocycles. The molecule has 0 unspecified atom stereocenters. The quantitative estimate of drug-likeness (QED) is 0.505. The Morgan fingerprint density at radius 2 is 1.76 bits per heavy atom. The van der Waals surface area contributed by atoms with Gasteiger partial charge in [-0.1, -0.05) is 34.1 Å². The van der Waals surface area contributed by atoms with Crippen molar-refractivity contribution in [3.63, 3.8) is 0 Å². The van der Waals surface area contributed by atoms with Gasteiger partial charge in [0.05, 0.1) is 14.2 Å². The molecular formula is C22H22BrNO5. The number of carbonyl (C=O) groups excluding carboxylic acids is 1. The van der Waals surface area contributed by atoms with Crippen LogP contribution in [0.15, 0.2) is 63.5 Å². The summed E-state index contributed by atoms with van der Waals surface area (Å²) in [4.78, 5) is 12.3. The van der Waals surface area contributed by atoms with Gasteiger partial charge in [-0.15, -0.1) is 0 Å². The number of hydrogen-bond donors (Lipinski definition) is 1. The molecule has 1 heterocycles. The van der Waals surface area contributed by atoms with Crippen molar-refractivity contribution < 1.29 is 23.4 Å². The Hall–Kier alpha value is -2.93. The number of nitrogens with one attached hydrogen (secondary N) is 1. The number of methoxy groups -OCH3 is 2. The molecule has 0 spiro atoms. The third-order valence-corrected chi connectivity index (χ3v) is 4.98. The third kappa shape index (κ3) is 5.54. The highest BCUT2D eigenvalue weighted by Crippen LogP contribution is 2.33. The Balaban J connectivity index is 1.52. The van der Waals surface area contributed by atoms with Crippen molar-refractivity contribution in [2.45, 2.75) is 13.0 Å². The van der Waals surface area contributed by atoms with E-state index in [1.54, 1.807) is 26.4 Å². The van der Waals surface area contributed by atoms with E-state index in [2.05, 4.69) is 21.2 Å². The van der Waals surface area contributed by atoms with Gasteiger partial charge in [-0.2, -0.15) is 0 Å². The molecule has 29 heavy (non-hydrogen) atoms. The zero-order valence-electron chi connectivity index (χ0n) is 16.2. The second-order valence-corrected chi connectivity index (χ2v) is 7.03. The van der Waals surface area contributed by atoms with Gasteiger partial charge in [0.15, 0.2) is 17.3 Å². The highest BCUT2D eigenvalue weighted by atomic mass is 79.9. The molecule has 0 aliphatic rings. The summed E-state index contributed by atoms with van der Waals surface area (Å²) in [5.74, 6) is 2.60. The van der Waals surface area contributed by atoms with Gasteiger partial charge in [0.1, 0.15) is 18.1 Å². The first-order valence-electron chi connectivity index (χ1n) is 9.06. The molecule has 0 fully saturated rings. The smallest absolute Gasteiger partial charge is 0.287 e. The molecule has 0 bridgehead atoms. The fraction of sp³-hybridized carbons (Fsp3) is 0.227. The summed E-state index contributed by atoms with van der Waals surface area (Å²) in [6.07, 6.45) is 0.622. The Morgan fingerprint density at radius 3 is 2.48 bits per heavy atom. The Kier molecular flexibility index (Phi) is 7.19. The first kappa shape index (κ1) is 20.8. The van der Waals surface area contributed by atoms with Gasteiger partial charge < -0.3 is 23.9 Å². The van der Waals surface area contributed by atoms with Crippen LogP contribution in [0.1, 0.15) is 21.9 Å². The minimum absolute atomic E-state index is 0.253. The highest BCUT2D eigenvalue weighted by molar-refractivity contribution is 9.10. The van der Waals surface area contributed by atoms with Crippen molar-refractivity contribution in [2.24, 2.45) is 0 Å². The number of rotatable bonds is 9. The first-order valence-corrected chi connectivity index (χ1v) is 9.85. The van der Waals surface area contributed by atoms with E-state index >= 15 is 0 Å². The topological polar surface area (TPSA) is 69.9 Å². The van der Waals surface area contributed by atoms with Crippen LogP contribution in [0.25, 0.3) is 0 Å². The van der Waals surface area contributed by atoms with Crippen LogP contribution < -0.4 is 19.5 Å². The lowest BCUT2D eigenvalue weighted by Gasteiger charge is -2.12. The van der Waals surface area contributed by atoms with Gasteiger partial charge in [0.25, 0.3) is 5.91 Å². The number of benzene rings is 2. The maximum atomic E-state index is 12.3. The van der Waals surface area contributed by atoms with E-state index in [9.17, 15) is 4.79 Å². The maximum absolute atomic E-state index is 12.3. The predicted octanol–water partition coefficient (Wildman–Crippen LogP) is 4.61. The Labute approximate surface area is 177 Å². The molecule has 0 radical (unpaired) electrons. The molecule has 0 saturated heterocycles. The fourth-order valence-electron chi connectivity index (χ4n) is 2.73. The van der Waals surface area contributed by atoms with Crippen LogP contribution >= 0.6 is 15.9 Å². The lowest BCUT2D eigenvalue weighted by atomic mass is 10.1. The van der Waals surface area contributed by atoms with E-state index in [0.29, 0.717) is 30.2 Å². The molecule has 152 valence electrons. The largest absolute Gasteiger partial charge is 0.493 e. The van der Waals surface area contributed by atoms with Crippen molar-refractivity contribution in [2.75, 3.05) is 20.8 Å². The van der Waals surface area contributed by atoms with Crippen molar-refractivity contribution in [1.82, 2.24) is 5.32 Å². The molecule has 1 amide bonds. The summed E-state index contributed by atoms with van der Waals surface area (Å²) < 4.78 is 22.7.